The number of thioether (sulfide) groups is 1. The van der Waals surface area contributed by atoms with E-state index in [1.54, 1.807) is 21.6 Å². The second kappa shape index (κ2) is 13.0. The second-order valence-corrected chi connectivity index (χ2v) is 12.4. The van der Waals surface area contributed by atoms with Crippen molar-refractivity contribution in [1.29, 1.82) is 0 Å². The largest absolute Gasteiger partial charge is 0.481 e. The molecule has 1 aromatic carbocycles. The van der Waals surface area contributed by atoms with Gasteiger partial charge < -0.3 is 10.0 Å². The molecule has 2 aromatic heterocycles. The standard InChI is InChI=1S/C31H34N4O4S2/c1-21-9-8-16-34-27(21)32-28(33-17-13-23(14-18-33)19-22-10-4-2-5-11-22)24(29(34)38)20-25-30(39)35(31(40)41-25)15-7-3-6-12-26(36)37/h2,4-5,8-11,16,20,23H,3,6-7,12-15,17-19H2,1H3,(H,36,37). The highest BCUT2D eigenvalue weighted by atomic mass is 32.2. The highest BCUT2D eigenvalue weighted by Crippen LogP contribution is 2.34. The molecule has 2 fully saturated rings. The summed E-state index contributed by atoms with van der Waals surface area (Å²) in [6.07, 6.45) is 8.44. The first-order valence-corrected chi connectivity index (χ1v) is 15.3. The monoisotopic (exact) mass is 590 g/mol. The lowest BCUT2D eigenvalue weighted by atomic mass is 9.90. The third-order valence-electron chi connectivity index (χ3n) is 7.77. The zero-order valence-electron chi connectivity index (χ0n) is 23.1. The van der Waals surface area contributed by atoms with Crippen LogP contribution in [-0.4, -0.2) is 55.2 Å². The van der Waals surface area contributed by atoms with E-state index in [-0.39, 0.29) is 17.9 Å². The summed E-state index contributed by atoms with van der Waals surface area (Å²) in [5.41, 5.74) is 3.06. The summed E-state index contributed by atoms with van der Waals surface area (Å²) in [7, 11) is 0. The second-order valence-electron chi connectivity index (χ2n) is 10.7. The lowest BCUT2D eigenvalue weighted by Gasteiger charge is -2.33. The minimum atomic E-state index is -0.819. The molecule has 0 unspecified atom stereocenters. The molecule has 3 aromatic rings. The van der Waals surface area contributed by atoms with E-state index in [1.807, 2.05) is 25.1 Å². The summed E-state index contributed by atoms with van der Waals surface area (Å²) in [5.74, 6) is 0.133. The number of rotatable bonds is 10. The average molecular weight is 591 g/mol. The van der Waals surface area contributed by atoms with Gasteiger partial charge in [0.1, 0.15) is 15.8 Å². The number of fused-ring (bicyclic) bond motifs is 1. The number of piperidine rings is 1. The van der Waals surface area contributed by atoms with Crippen LogP contribution in [0.1, 0.15) is 55.2 Å². The summed E-state index contributed by atoms with van der Waals surface area (Å²) in [6.45, 7) is 3.94. The average Bonchev–Trinajstić information content (AvgIpc) is 3.23. The molecule has 10 heteroatoms. The van der Waals surface area contributed by atoms with Crippen molar-refractivity contribution in [1.82, 2.24) is 14.3 Å². The van der Waals surface area contributed by atoms with Crippen LogP contribution in [0.3, 0.4) is 0 Å². The van der Waals surface area contributed by atoms with Gasteiger partial charge in [-0.1, -0.05) is 66.8 Å². The molecule has 2 aliphatic rings. The van der Waals surface area contributed by atoms with E-state index in [2.05, 4.69) is 29.2 Å². The Balaban J connectivity index is 1.39. The maximum Gasteiger partial charge on any atom is 0.303 e. The summed E-state index contributed by atoms with van der Waals surface area (Å²) in [4.78, 5) is 47.1. The molecule has 5 rings (SSSR count). The Kier molecular flexibility index (Phi) is 9.19. The molecule has 4 heterocycles. The highest BCUT2D eigenvalue weighted by Gasteiger charge is 2.33. The van der Waals surface area contributed by atoms with Crippen molar-refractivity contribution in [3.8, 4) is 0 Å². The van der Waals surface area contributed by atoms with E-state index < -0.39 is 5.97 Å². The van der Waals surface area contributed by atoms with Gasteiger partial charge in [-0.05, 0) is 68.2 Å². The van der Waals surface area contributed by atoms with Crippen LogP contribution in [-0.2, 0) is 16.0 Å². The Labute approximate surface area is 249 Å². The minimum Gasteiger partial charge on any atom is -0.481 e. The molecule has 0 saturated carbocycles. The first-order valence-electron chi connectivity index (χ1n) is 14.1. The molecule has 8 nitrogen and oxygen atoms in total. The predicted molar refractivity (Wildman–Crippen MR) is 167 cm³/mol. The van der Waals surface area contributed by atoms with Gasteiger partial charge >= 0.3 is 5.97 Å². The number of aliphatic carboxylic acids is 1. The molecule has 0 atom stereocenters. The van der Waals surface area contributed by atoms with Crippen LogP contribution >= 0.6 is 24.0 Å². The molecule has 214 valence electrons. The van der Waals surface area contributed by atoms with Crippen molar-refractivity contribution >= 4 is 57.7 Å². The summed E-state index contributed by atoms with van der Waals surface area (Å²) >= 11 is 6.71. The van der Waals surface area contributed by atoms with Crippen LogP contribution in [0.4, 0.5) is 5.82 Å². The number of aryl methyl sites for hydroxylation is 1. The maximum absolute atomic E-state index is 13.8. The number of hydrogen-bond donors (Lipinski definition) is 1. The molecular formula is C31H34N4O4S2. The summed E-state index contributed by atoms with van der Waals surface area (Å²) < 4.78 is 2.00. The van der Waals surface area contributed by atoms with Gasteiger partial charge in [-0.25, -0.2) is 4.98 Å². The zero-order chi connectivity index (χ0) is 28.9. The fourth-order valence-corrected chi connectivity index (χ4v) is 6.80. The van der Waals surface area contributed by atoms with Gasteiger partial charge in [-0.2, -0.15) is 0 Å². The number of benzene rings is 1. The van der Waals surface area contributed by atoms with Crippen LogP contribution in [0.5, 0.6) is 0 Å². The molecular weight excluding hydrogens is 556 g/mol. The van der Waals surface area contributed by atoms with Gasteiger partial charge in [0.2, 0.25) is 0 Å². The van der Waals surface area contributed by atoms with Crippen molar-refractivity contribution in [2.24, 2.45) is 5.92 Å². The van der Waals surface area contributed by atoms with Gasteiger partial charge in [-0.15, -0.1) is 0 Å². The molecule has 0 spiro atoms. The Morgan fingerprint density at radius 3 is 2.59 bits per heavy atom. The number of nitrogens with zero attached hydrogens (tertiary/aromatic N) is 4. The Bertz CT molecular complexity index is 1540. The first-order chi connectivity index (χ1) is 19.8. The third-order valence-corrected chi connectivity index (χ3v) is 9.14. The smallest absolute Gasteiger partial charge is 0.303 e. The Morgan fingerprint density at radius 1 is 1.10 bits per heavy atom. The number of carboxylic acid groups (broad SMARTS) is 1. The van der Waals surface area contributed by atoms with Gasteiger partial charge in [-0.3, -0.25) is 23.7 Å². The van der Waals surface area contributed by atoms with Gasteiger partial charge in [0.25, 0.3) is 11.5 Å². The van der Waals surface area contributed by atoms with Crippen molar-refractivity contribution in [3.05, 3.63) is 80.6 Å². The number of thiocarbonyl (C=S) groups is 1. The number of amides is 1. The van der Waals surface area contributed by atoms with Crippen LogP contribution in [0.15, 0.2) is 58.4 Å². The normalized spacial score (nSPS) is 17.2. The lowest BCUT2D eigenvalue weighted by molar-refractivity contribution is -0.137. The number of unbranched alkanes of at least 4 members (excludes halogenated alkanes) is 2. The van der Waals surface area contributed by atoms with Crippen LogP contribution in [0.2, 0.25) is 0 Å². The maximum atomic E-state index is 13.8. The van der Waals surface area contributed by atoms with Crippen molar-refractivity contribution in [2.45, 2.75) is 51.9 Å². The third kappa shape index (κ3) is 6.70. The number of pyridine rings is 1. The number of aromatic nitrogens is 2. The molecule has 0 radical (unpaired) electrons. The van der Waals surface area contributed by atoms with Crippen molar-refractivity contribution in [3.63, 3.8) is 0 Å². The van der Waals surface area contributed by atoms with E-state index in [0.717, 1.165) is 37.9 Å². The molecule has 0 aliphatic carbocycles. The fraction of sp³-hybridized carbons (Fsp3) is 0.387. The number of hydrogen-bond acceptors (Lipinski definition) is 7. The van der Waals surface area contributed by atoms with Crippen molar-refractivity contribution in [2.75, 3.05) is 24.5 Å². The van der Waals surface area contributed by atoms with Gasteiger partial charge in [0, 0.05) is 32.3 Å². The lowest BCUT2D eigenvalue weighted by Crippen LogP contribution is -2.37. The Morgan fingerprint density at radius 2 is 1.85 bits per heavy atom. The molecule has 1 N–H and O–H groups in total. The number of carbonyl (C=O) groups excluding carboxylic acids is 1. The number of carboxylic acids is 1. The number of carbonyl (C=O) groups is 2. The van der Waals surface area contributed by atoms with E-state index in [9.17, 15) is 14.4 Å². The minimum absolute atomic E-state index is 0.114. The molecule has 2 saturated heterocycles. The summed E-state index contributed by atoms with van der Waals surface area (Å²) in [5, 5.41) is 8.84. The molecule has 1 amide bonds. The topological polar surface area (TPSA) is 95.2 Å². The van der Waals surface area contributed by atoms with Crippen LogP contribution in [0.25, 0.3) is 11.7 Å². The molecule has 2 aliphatic heterocycles. The fourth-order valence-electron chi connectivity index (χ4n) is 5.51. The van der Waals surface area contributed by atoms with E-state index in [1.165, 1.54) is 17.3 Å². The van der Waals surface area contributed by atoms with E-state index in [0.29, 0.717) is 58.0 Å². The SMILES string of the molecule is Cc1cccn2c(=O)c(C=C3SC(=S)N(CCCCCC(=O)O)C3=O)c(N3CCC(Cc4ccccc4)CC3)nc12. The quantitative estimate of drug-likeness (QED) is 0.193. The highest BCUT2D eigenvalue weighted by molar-refractivity contribution is 8.26. The predicted octanol–water partition coefficient (Wildman–Crippen LogP) is 5.31. The van der Waals surface area contributed by atoms with Gasteiger partial charge in [0.05, 0.1) is 10.5 Å². The van der Waals surface area contributed by atoms with Crippen LogP contribution < -0.4 is 10.5 Å². The molecule has 41 heavy (non-hydrogen) atoms. The summed E-state index contributed by atoms with van der Waals surface area (Å²) in [6, 6.07) is 14.3. The first kappa shape index (κ1) is 29.0. The Hall–Kier alpha value is -3.50. The van der Waals surface area contributed by atoms with Crippen LogP contribution in [0, 0.1) is 12.8 Å². The van der Waals surface area contributed by atoms with E-state index in [4.69, 9.17) is 22.3 Å². The van der Waals surface area contributed by atoms with Gasteiger partial charge in [0.15, 0.2) is 0 Å². The number of anilines is 1. The van der Waals surface area contributed by atoms with E-state index >= 15 is 0 Å². The molecule has 0 bridgehead atoms. The van der Waals surface area contributed by atoms with Crippen molar-refractivity contribution < 1.29 is 14.7 Å². The zero-order valence-corrected chi connectivity index (χ0v) is 24.8.